The second-order valence-corrected chi connectivity index (χ2v) is 8.04. The van der Waals surface area contributed by atoms with Gasteiger partial charge >= 0.3 is 0 Å². The summed E-state index contributed by atoms with van der Waals surface area (Å²) < 4.78 is 18.7. The van der Waals surface area contributed by atoms with Crippen LogP contribution in [0, 0.1) is 0 Å². The Kier molecular flexibility index (Phi) is 4.79. The van der Waals surface area contributed by atoms with Gasteiger partial charge in [-0.05, 0) is 31.0 Å². The van der Waals surface area contributed by atoms with Crippen molar-refractivity contribution in [3.63, 3.8) is 0 Å². The Morgan fingerprint density at radius 3 is 3.00 bits per heavy atom. The first-order valence-electron chi connectivity index (χ1n) is 10.9. The number of rotatable bonds is 6. The molecule has 0 N–H and O–H groups in total. The highest BCUT2D eigenvalue weighted by atomic mass is 16.5. The smallest absolute Gasteiger partial charge is 0.292 e. The van der Waals surface area contributed by atoms with E-state index >= 15 is 0 Å². The first-order chi connectivity index (χ1) is 16.3. The summed E-state index contributed by atoms with van der Waals surface area (Å²) in [5.74, 6) is 1.33. The summed E-state index contributed by atoms with van der Waals surface area (Å²) in [6.45, 7) is 1.16. The van der Waals surface area contributed by atoms with Crippen molar-refractivity contribution in [1.82, 2.24) is 24.7 Å². The van der Waals surface area contributed by atoms with Crippen LogP contribution in [-0.4, -0.2) is 49.8 Å². The van der Waals surface area contributed by atoms with Gasteiger partial charge in [-0.1, -0.05) is 23.4 Å². The van der Waals surface area contributed by atoms with Crippen molar-refractivity contribution in [2.45, 2.75) is 25.3 Å². The molecule has 9 heteroatoms. The molecular weight excluding hydrogens is 422 g/mol. The quantitative estimate of drug-likeness (QED) is 0.388. The predicted molar refractivity (Wildman–Crippen MR) is 119 cm³/mol. The summed E-state index contributed by atoms with van der Waals surface area (Å²) in [5.41, 5.74) is 2.28. The number of aromatic nitrogens is 4. The third kappa shape index (κ3) is 3.61. The standard InChI is InChI=1S/C24H21N5O4/c30-24(20-9-11-26-33-20)28-12-3-5-17(28)10-13-31-23-8-7-22-25-15-18(29(22)27-23)21-14-16-4-1-2-6-19(16)32-21/h1-2,4,6-9,11,14-15,17H,3,5,10,12-13H2. The number of likely N-dealkylation sites (tertiary alicyclic amines) is 1. The van der Waals surface area contributed by atoms with Gasteiger partial charge in [0, 0.05) is 36.5 Å². The second kappa shape index (κ2) is 8.09. The van der Waals surface area contributed by atoms with Crippen molar-refractivity contribution in [3.05, 3.63) is 66.7 Å². The van der Waals surface area contributed by atoms with Gasteiger partial charge in [-0.3, -0.25) is 4.79 Å². The van der Waals surface area contributed by atoms with E-state index in [1.54, 1.807) is 22.8 Å². The molecule has 166 valence electrons. The largest absolute Gasteiger partial charge is 0.477 e. The molecule has 5 aromatic rings. The molecule has 0 saturated carbocycles. The van der Waals surface area contributed by atoms with Crippen LogP contribution in [0.2, 0.25) is 0 Å². The molecular formula is C24H21N5O4. The van der Waals surface area contributed by atoms with Crippen LogP contribution < -0.4 is 4.74 Å². The topological polar surface area (TPSA) is 98.9 Å². The van der Waals surface area contributed by atoms with Gasteiger partial charge in [-0.2, -0.15) is 0 Å². The Morgan fingerprint density at radius 2 is 2.12 bits per heavy atom. The van der Waals surface area contributed by atoms with Gasteiger partial charge in [-0.15, -0.1) is 5.10 Å². The molecule has 1 aromatic carbocycles. The minimum atomic E-state index is -0.122. The van der Waals surface area contributed by atoms with Gasteiger partial charge in [-0.25, -0.2) is 9.50 Å². The molecule has 0 bridgehead atoms. The van der Waals surface area contributed by atoms with Crippen LogP contribution in [0.3, 0.4) is 0 Å². The first kappa shape index (κ1) is 19.5. The van der Waals surface area contributed by atoms with Crippen molar-refractivity contribution >= 4 is 22.5 Å². The highest BCUT2D eigenvalue weighted by Gasteiger charge is 2.31. The number of para-hydroxylation sites is 1. The van der Waals surface area contributed by atoms with Gasteiger partial charge in [0.05, 0.1) is 19.0 Å². The number of carbonyl (C=O) groups is 1. The fraction of sp³-hybridized carbons (Fsp3) is 0.250. The minimum absolute atomic E-state index is 0.102. The van der Waals surface area contributed by atoms with Crippen molar-refractivity contribution in [3.8, 4) is 17.3 Å². The zero-order chi connectivity index (χ0) is 22.2. The molecule has 1 atom stereocenters. The summed E-state index contributed by atoms with van der Waals surface area (Å²) in [7, 11) is 0. The number of benzene rings is 1. The molecule has 9 nitrogen and oxygen atoms in total. The molecule has 1 aliphatic heterocycles. The van der Waals surface area contributed by atoms with Gasteiger partial charge in [0.2, 0.25) is 11.6 Å². The lowest BCUT2D eigenvalue weighted by molar-refractivity contribution is 0.0676. The summed E-state index contributed by atoms with van der Waals surface area (Å²) in [4.78, 5) is 18.9. The molecule has 1 amide bonds. The molecule has 5 heterocycles. The van der Waals surface area contributed by atoms with Crippen LogP contribution in [0.1, 0.15) is 29.8 Å². The number of hydrogen-bond acceptors (Lipinski definition) is 7. The highest BCUT2D eigenvalue weighted by molar-refractivity contribution is 5.91. The van der Waals surface area contributed by atoms with E-state index < -0.39 is 0 Å². The van der Waals surface area contributed by atoms with E-state index in [2.05, 4.69) is 15.2 Å². The number of furan rings is 1. The molecule has 1 fully saturated rings. The van der Waals surface area contributed by atoms with E-state index in [-0.39, 0.29) is 17.7 Å². The van der Waals surface area contributed by atoms with Crippen molar-refractivity contribution < 1.29 is 18.5 Å². The Balaban J connectivity index is 1.16. The molecule has 0 spiro atoms. The maximum Gasteiger partial charge on any atom is 0.292 e. The van der Waals surface area contributed by atoms with Gasteiger partial charge < -0.3 is 18.6 Å². The molecule has 1 unspecified atom stereocenters. The fourth-order valence-electron chi connectivity index (χ4n) is 4.38. The van der Waals surface area contributed by atoms with E-state index in [0.29, 0.717) is 36.9 Å². The zero-order valence-electron chi connectivity index (χ0n) is 17.8. The molecule has 1 saturated heterocycles. The maximum atomic E-state index is 12.6. The van der Waals surface area contributed by atoms with Crippen LogP contribution in [0.25, 0.3) is 28.1 Å². The van der Waals surface area contributed by atoms with E-state index in [1.165, 1.54) is 6.20 Å². The van der Waals surface area contributed by atoms with Crippen LogP contribution in [0.15, 0.2) is 69.9 Å². The van der Waals surface area contributed by atoms with E-state index in [0.717, 1.165) is 29.5 Å². The lowest BCUT2D eigenvalue weighted by Gasteiger charge is -2.23. The summed E-state index contributed by atoms with van der Waals surface area (Å²) in [5, 5.41) is 9.27. The SMILES string of the molecule is O=C(c1ccno1)N1CCCC1CCOc1ccc2ncc(-c3cc4ccccc4o3)n2n1. The number of nitrogens with zero attached hydrogens (tertiary/aromatic N) is 5. The Labute approximate surface area is 188 Å². The normalized spacial score (nSPS) is 16.1. The second-order valence-electron chi connectivity index (χ2n) is 8.04. The molecule has 0 radical (unpaired) electrons. The Bertz CT molecular complexity index is 1390. The number of fused-ring (bicyclic) bond motifs is 2. The van der Waals surface area contributed by atoms with Gasteiger partial charge in [0.15, 0.2) is 11.4 Å². The zero-order valence-corrected chi connectivity index (χ0v) is 17.8. The highest BCUT2D eigenvalue weighted by Crippen LogP contribution is 2.28. The lowest BCUT2D eigenvalue weighted by Crippen LogP contribution is -2.36. The Hall–Kier alpha value is -4.14. The maximum absolute atomic E-state index is 12.6. The Morgan fingerprint density at radius 1 is 1.18 bits per heavy atom. The summed E-state index contributed by atoms with van der Waals surface area (Å²) in [6.07, 6.45) is 5.84. The van der Waals surface area contributed by atoms with Crippen molar-refractivity contribution in [2.75, 3.05) is 13.2 Å². The monoisotopic (exact) mass is 443 g/mol. The number of hydrogen-bond donors (Lipinski definition) is 0. The van der Waals surface area contributed by atoms with Crippen molar-refractivity contribution in [1.29, 1.82) is 0 Å². The number of ether oxygens (including phenoxy) is 1. The van der Waals surface area contributed by atoms with Gasteiger partial charge in [0.1, 0.15) is 11.3 Å². The number of imidazole rings is 1. The lowest BCUT2D eigenvalue weighted by atomic mass is 10.1. The van der Waals surface area contributed by atoms with Crippen LogP contribution in [0.5, 0.6) is 5.88 Å². The molecule has 33 heavy (non-hydrogen) atoms. The van der Waals surface area contributed by atoms with Crippen LogP contribution >= 0.6 is 0 Å². The summed E-state index contributed by atoms with van der Waals surface area (Å²) >= 11 is 0. The molecule has 1 aliphatic rings. The van der Waals surface area contributed by atoms with Crippen LogP contribution in [0.4, 0.5) is 0 Å². The third-order valence-corrected chi connectivity index (χ3v) is 6.00. The average Bonchev–Trinajstić information content (AvgIpc) is 3.64. The third-order valence-electron chi connectivity index (χ3n) is 6.00. The summed E-state index contributed by atoms with van der Waals surface area (Å²) in [6, 6.07) is 15.2. The van der Waals surface area contributed by atoms with E-state index in [9.17, 15) is 4.79 Å². The molecule has 6 rings (SSSR count). The van der Waals surface area contributed by atoms with Gasteiger partial charge in [0.25, 0.3) is 5.91 Å². The number of carbonyl (C=O) groups excluding carboxylic acids is 1. The first-order valence-corrected chi connectivity index (χ1v) is 10.9. The number of amides is 1. The molecule has 4 aromatic heterocycles. The van der Waals surface area contributed by atoms with Crippen molar-refractivity contribution in [2.24, 2.45) is 0 Å². The van der Waals surface area contributed by atoms with E-state index in [1.807, 2.05) is 41.3 Å². The predicted octanol–water partition coefficient (Wildman–Crippen LogP) is 4.20. The van der Waals surface area contributed by atoms with Crippen LogP contribution in [-0.2, 0) is 0 Å². The average molecular weight is 443 g/mol. The fourth-order valence-corrected chi connectivity index (χ4v) is 4.38. The minimum Gasteiger partial charge on any atom is -0.477 e. The van der Waals surface area contributed by atoms with E-state index in [4.69, 9.17) is 13.7 Å². The molecule has 0 aliphatic carbocycles.